The second kappa shape index (κ2) is 8.38. The molecule has 172 valence electrons. The number of hydrogen-bond donors (Lipinski definition) is 0. The van der Waals surface area contributed by atoms with Crippen LogP contribution in [0.5, 0.6) is 28.7 Å². The Morgan fingerprint density at radius 2 is 1.82 bits per heavy atom. The summed E-state index contributed by atoms with van der Waals surface area (Å²) in [6.07, 6.45) is 0. The summed E-state index contributed by atoms with van der Waals surface area (Å²) in [5, 5.41) is 0.458. The Morgan fingerprint density at radius 1 is 1.00 bits per heavy atom. The third kappa shape index (κ3) is 3.69. The van der Waals surface area contributed by atoms with Crippen molar-refractivity contribution in [3.63, 3.8) is 0 Å². The molecule has 0 radical (unpaired) electrons. The Balaban J connectivity index is 1.33. The largest absolute Gasteiger partial charge is 0.478 e. The second-order valence-corrected chi connectivity index (χ2v) is 9.07. The molecular formula is C26H20BrNO6. The molecule has 0 fully saturated rings. The minimum absolute atomic E-state index is 0.174. The minimum atomic E-state index is -0.217. The highest BCUT2D eigenvalue weighted by Crippen LogP contribution is 2.37. The molecule has 2 aliphatic heterocycles. The molecule has 0 N–H and O–H groups in total. The van der Waals surface area contributed by atoms with E-state index in [9.17, 15) is 4.79 Å². The van der Waals surface area contributed by atoms with Crippen LogP contribution < -0.4 is 24.4 Å². The lowest BCUT2D eigenvalue weighted by molar-refractivity contribution is 0.0889. The molecule has 3 aromatic carbocycles. The van der Waals surface area contributed by atoms with E-state index in [1.54, 1.807) is 19.1 Å². The first-order chi connectivity index (χ1) is 16.6. The van der Waals surface area contributed by atoms with Crippen LogP contribution in [0.3, 0.4) is 0 Å². The normalized spacial score (nSPS) is 14.6. The van der Waals surface area contributed by atoms with Crippen LogP contribution in [-0.4, -0.2) is 18.4 Å². The van der Waals surface area contributed by atoms with E-state index in [4.69, 9.17) is 23.4 Å². The number of hydrogen-bond acceptors (Lipinski definition) is 7. The van der Waals surface area contributed by atoms with E-state index in [1.165, 1.54) is 0 Å². The highest BCUT2D eigenvalue weighted by molar-refractivity contribution is 9.10. The Kier molecular flexibility index (Phi) is 5.19. The van der Waals surface area contributed by atoms with Crippen molar-refractivity contribution in [2.45, 2.75) is 20.0 Å². The number of halogens is 1. The first-order valence-electron chi connectivity index (χ1n) is 10.8. The molecule has 6 rings (SSSR count). The monoisotopic (exact) mass is 521 g/mol. The molecule has 0 atom stereocenters. The van der Waals surface area contributed by atoms with Gasteiger partial charge in [0.15, 0.2) is 11.5 Å². The van der Waals surface area contributed by atoms with Crippen LogP contribution in [0.1, 0.15) is 16.9 Å². The van der Waals surface area contributed by atoms with Gasteiger partial charge >= 0.3 is 0 Å². The zero-order valence-electron chi connectivity index (χ0n) is 18.3. The Bertz CT molecular complexity index is 1480. The van der Waals surface area contributed by atoms with Crippen LogP contribution in [0, 0.1) is 6.92 Å². The van der Waals surface area contributed by atoms with E-state index in [0.29, 0.717) is 42.3 Å². The summed E-state index contributed by atoms with van der Waals surface area (Å²) in [6.45, 7) is 3.64. The van der Waals surface area contributed by atoms with E-state index in [1.807, 2.05) is 42.5 Å². The summed E-state index contributed by atoms with van der Waals surface area (Å²) >= 11 is 3.46. The second-order valence-electron chi connectivity index (χ2n) is 8.22. The number of ether oxygens (including phenoxy) is 4. The quantitative estimate of drug-likeness (QED) is 0.339. The first-order valence-corrected chi connectivity index (χ1v) is 11.6. The van der Waals surface area contributed by atoms with E-state index < -0.39 is 0 Å². The molecular weight excluding hydrogens is 502 g/mol. The third-order valence-corrected chi connectivity index (χ3v) is 6.57. The molecule has 2 aliphatic rings. The maximum atomic E-state index is 13.4. The summed E-state index contributed by atoms with van der Waals surface area (Å²) in [7, 11) is 0. The summed E-state index contributed by atoms with van der Waals surface area (Å²) in [4.78, 5) is 15.5. The van der Waals surface area contributed by atoms with Gasteiger partial charge in [-0.2, -0.15) is 0 Å². The van der Waals surface area contributed by atoms with Gasteiger partial charge < -0.3 is 23.4 Å². The van der Waals surface area contributed by atoms with Gasteiger partial charge in [-0.25, -0.2) is 0 Å². The van der Waals surface area contributed by atoms with Crippen LogP contribution in [-0.2, 0) is 13.1 Å². The molecule has 0 bridgehead atoms. The standard InChI is InChI=1S/C26H20BrNO6/c1-15-25(34-21-5-3-2-4-19(21)27)24(29)17-7-9-20-18(26(17)33-15)12-28(13-30-20)11-16-6-8-22-23(10-16)32-14-31-22/h2-10H,11-14H2,1H3. The predicted octanol–water partition coefficient (Wildman–Crippen LogP) is 5.74. The van der Waals surface area contributed by atoms with Crippen molar-refractivity contribution in [3.8, 4) is 28.7 Å². The number of fused-ring (bicyclic) bond motifs is 4. The highest BCUT2D eigenvalue weighted by Gasteiger charge is 2.25. The van der Waals surface area contributed by atoms with E-state index in [0.717, 1.165) is 32.8 Å². The SMILES string of the molecule is Cc1oc2c3c(ccc2c(=O)c1Oc1ccccc1Br)OCN(Cc1ccc2c(c1)OCO2)C3. The molecule has 0 saturated carbocycles. The van der Waals surface area contributed by atoms with Crippen LogP contribution >= 0.6 is 15.9 Å². The van der Waals surface area contributed by atoms with Crippen LogP contribution in [0.2, 0.25) is 0 Å². The summed E-state index contributed by atoms with van der Waals surface area (Å²) < 4.78 is 29.8. The van der Waals surface area contributed by atoms with E-state index in [-0.39, 0.29) is 18.0 Å². The lowest BCUT2D eigenvalue weighted by atomic mass is 10.1. The Hall–Kier alpha value is -3.49. The highest BCUT2D eigenvalue weighted by atomic mass is 79.9. The summed E-state index contributed by atoms with van der Waals surface area (Å²) in [6, 6.07) is 16.9. The molecule has 1 aromatic heterocycles. The van der Waals surface area contributed by atoms with Crippen molar-refractivity contribution in [3.05, 3.63) is 86.2 Å². The maximum Gasteiger partial charge on any atom is 0.235 e. The molecule has 34 heavy (non-hydrogen) atoms. The van der Waals surface area contributed by atoms with Gasteiger partial charge in [0.25, 0.3) is 0 Å². The van der Waals surface area contributed by atoms with Crippen molar-refractivity contribution >= 4 is 26.9 Å². The molecule has 0 saturated heterocycles. The van der Waals surface area contributed by atoms with Gasteiger partial charge in [-0.05, 0) is 64.8 Å². The molecule has 0 spiro atoms. The van der Waals surface area contributed by atoms with Crippen molar-refractivity contribution in [1.29, 1.82) is 0 Å². The number of benzene rings is 3. The van der Waals surface area contributed by atoms with Crippen LogP contribution in [0.25, 0.3) is 11.0 Å². The van der Waals surface area contributed by atoms with Gasteiger partial charge in [0.05, 0.1) is 15.4 Å². The van der Waals surface area contributed by atoms with Gasteiger partial charge in [0.2, 0.25) is 18.0 Å². The van der Waals surface area contributed by atoms with Crippen LogP contribution in [0.15, 0.2) is 68.3 Å². The van der Waals surface area contributed by atoms with Crippen molar-refractivity contribution in [2.75, 3.05) is 13.5 Å². The smallest absolute Gasteiger partial charge is 0.235 e. The molecule has 0 unspecified atom stereocenters. The van der Waals surface area contributed by atoms with Gasteiger partial charge in [0.1, 0.15) is 29.6 Å². The fourth-order valence-corrected chi connectivity index (χ4v) is 4.62. The molecule has 0 aliphatic carbocycles. The van der Waals surface area contributed by atoms with E-state index >= 15 is 0 Å². The van der Waals surface area contributed by atoms with Gasteiger partial charge in [0, 0.05) is 13.1 Å². The topological polar surface area (TPSA) is 70.4 Å². The number of nitrogens with zero attached hydrogens (tertiary/aromatic N) is 1. The van der Waals surface area contributed by atoms with Crippen molar-refractivity contribution in [1.82, 2.24) is 4.90 Å². The Labute approximate surface area is 203 Å². The fourth-order valence-electron chi connectivity index (χ4n) is 4.26. The van der Waals surface area contributed by atoms with Crippen molar-refractivity contribution in [2.24, 2.45) is 0 Å². The van der Waals surface area contributed by atoms with Gasteiger partial charge in [-0.3, -0.25) is 9.69 Å². The van der Waals surface area contributed by atoms with Crippen LogP contribution in [0.4, 0.5) is 0 Å². The zero-order valence-corrected chi connectivity index (χ0v) is 19.9. The van der Waals surface area contributed by atoms with Gasteiger partial charge in [-0.15, -0.1) is 0 Å². The summed E-state index contributed by atoms with van der Waals surface area (Å²) in [5.41, 5.74) is 2.23. The lowest BCUT2D eigenvalue weighted by Crippen LogP contribution is -2.31. The maximum absolute atomic E-state index is 13.4. The first kappa shape index (κ1) is 21.1. The number of para-hydroxylation sites is 1. The zero-order chi connectivity index (χ0) is 23.2. The van der Waals surface area contributed by atoms with Crippen molar-refractivity contribution < 1.29 is 23.4 Å². The van der Waals surface area contributed by atoms with E-state index in [2.05, 4.69) is 20.8 Å². The Morgan fingerprint density at radius 3 is 2.71 bits per heavy atom. The number of rotatable bonds is 4. The minimum Gasteiger partial charge on any atom is -0.478 e. The predicted molar refractivity (Wildman–Crippen MR) is 129 cm³/mol. The molecule has 3 heterocycles. The van der Waals surface area contributed by atoms with Gasteiger partial charge in [-0.1, -0.05) is 18.2 Å². The lowest BCUT2D eigenvalue weighted by Gasteiger charge is -2.29. The summed E-state index contributed by atoms with van der Waals surface area (Å²) in [5.74, 6) is 3.36. The average molecular weight is 522 g/mol. The average Bonchev–Trinajstić information content (AvgIpc) is 3.31. The molecule has 4 aromatic rings. The number of aryl methyl sites for hydroxylation is 1. The molecule has 8 heteroatoms. The molecule has 0 amide bonds. The fraction of sp³-hybridized carbons (Fsp3) is 0.192. The molecule has 7 nitrogen and oxygen atoms in total. The third-order valence-electron chi connectivity index (χ3n) is 5.92.